The highest BCUT2D eigenvalue weighted by Crippen LogP contribution is 2.21. The Hall–Kier alpha value is -1.87. The van der Waals surface area contributed by atoms with Crippen LogP contribution >= 0.6 is 34.4 Å². The Balaban J connectivity index is 1.64. The van der Waals surface area contributed by atoms with Gasteiger partial charge in [0.2, 0.25) is 5.91 Å². The number of nitrogens with zero attached hydrogens (tertiary/aromatic N) is 3. The van der Waals surface area contributed by atoms with Crippen molar-refractivity contribution in [2.75, 3.05) is 11.1 Å². The molecule has 0 aliphatic heterocycles. The molecule has 0 saturated heterocycles. The second kappa shape index (κ2) is 7.60. The Morgan fingerprint density at radius 1 is 1.13 bits per heavy atom. The summed E-state index contributed by atoms with van der Waals surface area (Å²) in [6.45, 7) is 0. The Morgan fingerprint density at radius 2 is 1.87 bits per heavy atom. The highest BCUT2D eigenvalue weighted by atomic mass is 127. The highest BCUT2D eigenvalue weighted by molar-refractivity contribution is 14.1. The van der Waals surface area contributed by atoms with E-state index in [1.54, 1.807) is 6.33 Å². The summed E-state index contributed by atoms with van der Waals surface area (Å²) in [6.07, 6.45) is 1.65. The molecule has 0 bridgehead atoms. The molecule has 3 rings (SSSR count). The number of anilines is 1. The minimum absolute atomic E-state index is 0.0678. The number of para-hydroxylation sites is 2. The summed E-state index contributed by atoms with van der Waals surface area (Å²) in [6, 6.07) is 17.5. The fourth-order valence-electron chi connectivity index (χ4n) is 1.97. The number of hydrogen-bond donors (Lipinski definition) is 1. The van der Waals surface area contributed by atoms with Crippen LogP contribution in [0.15, 0.2) is 66.1 Å². The normalized spacial score (nSPS) is 10.5. The Morgan fingerprint density at radius 3 is 2.65 bits per heavy atom. The summed E-state index contributed by atoms with van der Waals surface area (Å²) in [5.41, 5.74) is 1.79. The first-order valence-corrected chi connectivity index (χ1v) is 8.93. The molecule has 0 aliphatic rings. The standard InChI is InChI=1S/C16H13IN4OS/c17-13-8-4-5-9-14(13)19-15(22)10-23-16-20-18-11-21(16)12-6-2-1-3-7-12/h1-9,11H,10H2,(H,19,22). The Kier molecular flexibility index (Phi) is 5.29. The molecule has 1 amide bonds. The summed E-state index contributed by atoms with van der Waals surface area (Å²) in [5.74, 6) is 0.206. The van der Waals surface area contributed by atoms with Crippen LogP contribution in [0, 0.1) is 3.57 Å². The van der Waals surface area contributed by atoms with Gasteiger partial charge in [0, 0.05) is 9.26 Å². The molecule has 0 atom stereocenters. The number of amides is 1. The predicted octanol–water partition coefficient (Wildman–Crippen LogP) is 3.60. The molecule has 0 radical (unpaired) electrons. The smallest absolute Gasteiger partial charge is 0.234 e. The summed E-state index contributed by atoms with van der Waals surface area (Å²) < 4.78 is 2.88. The first-order valence-electron chi connectivity index (χ1n) is 6.86. The Labute approximate surface area is 151 Å². The van der Waals surface area contributed by atoms with Gasteiger partial charge in [-0.3, -0.25) is 9.36 Å². The second-order valence-electron chi connectivity index (χ2n) is 4.64. The van der Waals surface area contributed by atoms with Crippen LogP contribution in [-0.2, 0) is 4.79 Å². The van der Waals surface area contributed by atoms with E-state index in [0.717, 1.165) is 14.9 Å². The van der Waals surface area contributed by atoms with Gasteiger partial charge in [-0.25, -0.2) is 0 Å². The van der Waals surface area contributed by atoms with Crippen LogP contribution in [0.3, 0.4) is 0 Å². The lowest BCUT2D eigenvalue weighted by atomic mass is 10.3. The van der Waals surface area contributed by atoms with Crippen molar-refractivity contribution >= 4 is 45.9 Å². The van der Waals surface area contributed by atoms with E-state index in [4.69, 9.17) is 0 Å². The van der Waals surface area contributed by atoms with Gasteiger partial charge in [0.1, 0.15) is 6.33 Å². The maximum atomic E-state index is 12.1. The monoisotopic (exact) mass is 436 g/mol. The van der Waals surface area contributed by atoms with Crippen molar-refractivity contribution in [1.82, 2.24) is 14.8 Å². The molecule has 1 N–H and O–H groups in total. The van der Waals surface area contributed by atoms with E-state index in [-0.39, 0.29) is 11.7 Å². The average Bonchev–Trinajstić information content (AvgIpc) is 3.04. The van der Waals surface area contributed by atoms with E-state index < -0.39 is 0 Å². The molecule has 0 aliphatic carbocycles. The van der Waals surface area contributed by atoms with Gasteiger partial charge in [-0.15, -0.1) is 10.2 Å². The molecule has 116 valence electrons. The fourth-order valence-corrected chi connectivity index (χ4v) is 3.22. The molecule has 2 aromatic carbocycles. The first kappa shape index (κ1) is 16.0. The van der Waals surface area contributed by atoms with Crippen molar-refractivity contribution in [3.8, 4) is 5.69 Å². The van der Waals surface area contributed by atoms with Gasteiger partial charge in [-0.1, -0.05) is 42.1 Å². The van der Waals surface area contributed by atoms with Crippen molar-refractivity contribution in [2.24, 2.45) is 0 Å². The largest absolute Gasteiger partial charge is 0.324 e. The fraction of sp³-hybridized carbons (Fsp3) is 0.0625. The van der Waals surface area contributed by atoms with Crippen LogP contribution in [0.1, 0.15) is 0 Å². The van der Waals surface area contributed by atoms with Gasteiger partial charge in [-0.05, 0) is 46.9 Å². The zero-order valence-corrected chi connectivity index (χ0v) is 15.0. The quantitative estimate of drug-likeness (QED) is 0.491. The molecule has 1 heterocycles. The number of carbonyl (C=O) groups excluding carboxylic acids is 1. The van der Waals surface area contributed by atoms with Crippen molar-refractivity contribution in [2.45, 2.75) is 5.16 Å². The molecule has 0 spiro atoms. The lowest BCUT2D eigenvalue weighted by Gasteiger charge is -2.08. The highest BCUT2D eigenvalue weighted by Gasteiger charge is 2.11. The minimum Gasteiger partial charge on any atom is -0.324 e. The summed E-state index contributed by atoms with van der Waals surface area (Å²) in [7, 11) is 0. The van der Waals surface area contributed by atoms with Crippen LogP contribution in [-0.4, -0.2) is 26.4 Å². The van der Waals surface area contributed by atoms with Crippen molar-refractivity contribution in [1.29, 1.82) is 0 Å². The second-order valence-corrected chi connectivity index (χ2v) is 6.74. The molecular weight excluding hydrogens is 423 g/mol. The number of thioether (sulfide) groups is 1. The van der Waals surface area contributed by atoms with E-state index in [2.05, 4.69) is 38.1 Å². The van der Waals surface area contributed by atoms with E-state index >= 15 is 0 Å². The van der Waals surface area contributed by atoms with Gasteiger partial charge in [0.15, 0.2) is 5.16 Å². The number of nitrogens with one attached hydrogen (secondary N) is 1. The summed E-state index contributed by atoms with van der Waals surface area (Å²) >= 11 is 3.55. The van der Waals surface area contributed by atoms with Gasteiger partial charge >= 0.3 is 0 Å². The third-order valence-corrected chi connectivity index (χ3v) is 4.91. The number of aromatic nitrogens is 3. The number of rotatable bonds is 5. The van der Waals surface area contributed by atoms with Crippen LogP contribution < -0.4 is 5.32 Å². The van der Waals surface area contributed by atoms with Crippen molar-refractivity contribution in [3.63, 3.8) is 0 Å². The van der Waals surface area contributed by atoms with E-state index in [0.29, 0.717) is 5.16 Å². The molecule has 1 aromatic heterocycles. The van der Waals surface area contributed by atoms with E-state index in [9.17, 15) is 4.79 Å². The molecular formula is C16H13IN4OS. The van der Waals surface area contributed by atoms with Crippen LogP contribution in [0.4, 0.5) is 5.69 Å². The first-order chi connectivity index (χ1) is 11.2. The molecule has 5 nitrogen and oxygen atoms in total. The van der Waals surface area contributed by atoms with Gasteiger partial charge in [-0.2, -0.15) is 0 Å². The lowest BCUT2D eigenvalue weighted by molar-refractivity contribution is -0.113. The third-order valence-electron chi connectivity index (χ3n) is 3.03. The number of benzene rings is 2. The summed E-state index contributed by atoms with van der Waals surface area (Å²) in [5, 5.41) is 11.6. The zero-order chi connectivity index (χ0) is 16.1. The number of hydrogen-bond acceptors (Lipinski definition) is 4. The molecule has 0 unspecified atom stereocenters. The third kappa shape index (κ3) is 4.11. The topological polar surface area (TPSA) is 59.8 Å². The minimum atomic E-state index is -0.0678. The van der Waals surface area contributed by atoms with Gasteiger partial charge in [0.05, 0.1) is 11.4 Å². The zero-order valence-electron chi connectivity index (χ0n) is 12.0. The summed E-state index contributed by atoms with van der Waals surface area (Å²) in [4.78, 5) is 12.1. The maximum absolute atomic E-state index is 12.1. The van der Waals surface area contributed by atoms with Crippen molar-refractivity contribution in [3.05, 3.63) is 64.5 Å². The molecule has 0 fully saturated rings. The average molecular weight is 436 g/mol. The van der Waals surface area contributed by atoms with Crippen LogP contribution in [0.25, 0.3) is 5.69 Å². The van der Waals surface area contributed by atoms with Crippen LogP contribution in [0.5, 0.6) is 0 Å². The van der Waals surface area contributed by atoms with E-state index in [1.165, 1.54) is 11.8 Å². The Bertz CT molecular complexity index is 807. The SMILES string of the molecule is O=C(CSc1nncn1-c1ccccc1)Nc1ccccc1I. The number of carbonyl (C=O) groups is 1. The van der Waals surface area contributed by atoms with Gasteiger partial charge < -0.3 is 5.32 Å². The van der Waals surface area contributed by atoms with E-state index in [1.807, 2.05) is 59.2 Å². The number of halogens is 1. The molecule has 7 heteroatoms. The molecule has 23 heavy (non-hydrogen) atoms. The maximum Gasteiger partial charge on any atom is 0.234 e. The molecule has 3 aromatic rings. The van der Waals surface area contributed by atoms with Gasteiger partial charge in [0.25, 0.3) is 0 Å². The molecule has 0 saturated carbocycles. The lowest BCUT2D eigenvalue weighted by Crippen LogP contribution is -2.15. The predicted molar refractivity (Wildman–Crippen MR) is 99.9 cm³/mol. The van der Waals surface area contributed by atoms with Crippen molar-refractivity contribution < 1.29 is 4.79 Å². The van der Waals surface area contributed by atoms with Crippen LogP contribution in [0.2, 0.25) is 0 Å².